The minimum atomic E-state index is 1.35. The summed E-state index contributed by atoms with van der Waals surface area (Å²) in [5.74, 6) is 2.17. The Morgan fingerprint density at radius 2 is 2.25 bits per heavy atom. The van der Waals surface area contributed by atoms with Crippen LogP contribution in [0.25, 0.3) is 0 Å². The molecule has 0 aromatic heterocycles. The maximum Gasteiger partial charge on any atom is 0.287 e. The Morgan fingerprint density at radius 1 is 2.00 bits per heavy atom. The first-order valence-corrected chi connectivity index (χ1v) is 1.35. The van der Waals surface area contributed by atoms with Gasteiger partial charge in [-0.05, 0) is 0 Å². The smallest absolute Gasteiger partial charge is 0.216 e. The van der Waals surface area contributed by atoms with E-state index in [0.29, 0.717) is 0 Å². The van der Waals surface area contributed by atoms with Crippen molar-refractivity contribution in [3.8, 4) is 12.2 Å². The molecule has 2 heteroatoms. The van der Waals surface area contributed by atoms with Gasteiger partial charge in [0, 0.05) is 0 Å². The molecule has 0 rings (SSSR count). The lowest BCUT2D eigenvalue weighted by atomic mass is 10.2. The van der Waals surface area contributed by atoms with Crippen LogP contribution in [0.2, 0.25) is 0 Å². The highest BCUT2D eigenvalue weighted by Crippen LogP contribution is 1.53. The zero-order chi connectivity index (χ0) is 3.41. The van der Waals surface area contributed by atoms with Crippen LogP contribution < -0.4 is 0 Å². The minimum absolute atomic E-state index is 1.35. The van der Waals surface area contributed by atoms with E-state index >= 15 is 0 Å². The molecule has 0 aliphatic carbocycles. The van der Waals surface area contributed by atoms with Gasteiger partial charge in [0.1, 0.15) is 0 Å². The quantitative estimate of drug-likeness (QED) is 0.233. The lowest BCUT2D eigenvalue weighted by molar-refractivity contribution is 3.07. The van der Waals surface area contributed by atoms with E-state index < -0.39 is 0 Å². The third-order valence-electron chi connectivity index (χ3n) is 0.0745. The molecule has 0 aliphatic rings. The molecule has 0 saturated carbocycles. The highest BCUT2D eigenvalue weighted by atomic mass is 32.1. The normalized spacial score (nSPS) is 4.00. The highest BCUT2D eigenvalue weighted by Gasteiger charge is 1.53. The molecular weight excluding hydrogens is 66.9 g/mol. The fraction of sp³-hybridized carbons (Fsp3) is 0. The van der Waals surface area contributed by atoms with Crippen molar-refractivity contribution in [1.82, 2.24) is 0 Å². The predicted molar refractivity (Wildman–Crippen MR) is 23.6 cm³/mol. The summed E-state index contributed by atoms with van der Waals surface area (Å²) < 4.78 is 0. The van der Waals surface area contributed by atoms with Crippen LogP contribution in [0.1, 0.15) is 0 Å². The van der Waals surface area contributed by atoms with Crippen molar-refractivity contribution >= 4 is 19.0 Å². The van der Waals surface area contributed by atoms with Crippen molar-refractivity contribution in [3.63, 3.8) is 0 Å². The van der Waals surface area contributed by atoms with Crippen molar-refractivity contribution in [1.29, 1.82) is 0 Å². The van der Waals surface area contributed by atoms with Gasteiger partial charge in [-0.2, -0.15) is 5.82 Å². The van der Waals surface area contributed by atoms with E-state index in [1.165, 1.54) is 6.56 Å². The molecule has 0 bridgehead atoms. The second kappa shape index (κ2) is 2.97. The van der Waals surface area contributed by atoms with Crippen molar-refractivity contribution < 1.29 is 0 Å². The first-order chi connectivity index (χ1) is 1.91. The van der Waals surface area contributed by atoms with Crippen LogP contribution in [0.4, 0.5) is 0 Å². The Hall–Kier alpha value is -0.0251. The van der Waals surface area contributed by atoms with Crippen LogP contribution in [0, 0.1) is 12.2 Å². The first-order valence-electron chi connectivity index (χ1n) is 0.836. The fourth-order valence-electron chi connectivity index (χ4n) is 0. The molecule has 0 amide bonds. The maximum atomic E-state index is 4.65. The molecule has 0 aromatic carbocycles. The van der Waals surface area contributed by atoms with Crippen molar-refractivity contribution in [3.05, 3.63) is 0 Å². The SMILES string of the molecule is C#C[B]S. The summed E-state index contributed by atoms with van der Waals surface area (Å²) in [6.07, 6.45) is 4.65. The topological polar surface area (TPSA) is 0 Å². The molecule has 0 spiro atoms. The Balaban J connectivity index is 2.43. The largest absolute Gasteiger partial charge is 0.287 e. The average molecular weight is 68.9 g/mol. The van der Waals surface area contributed by atoms with E-state index in [2.05, 4.69) is 24.7 Å². The van der Waals surface area contributed by atoms with Gasteiger partial charge in [-0.25, -0.2) is 12.5 Å². The number of rotatable bonds is 0. The zero-order valence-electron chi connectivity index (χ0n) is 2.10. The molecule has 0 unspecified atom stereocenters. The van der Waals surface area contributed by atoms with Gasteiger partial charge in [0.2, 0.25) is 0 Å². The van der Waals surface area contributed by atoms with E-state index in [4.69, 9.17) is 0 Å². The molecule has 0 nitrogen and oxygen atoms in total. The lowest BCUT2D eigenvalue weighted by Gasteiger charge is -1.46. The molecule has 0 aromatic rings. The number of hydrogen-bond acceptors (Lipinski definition) is 1. The molecular formula is C2H2BS. The van der Waals surface area contributed by atoms with Gasteiger partial charge in [-0.3, -0.25) is 0 Å². The molecule has 0 aliphatic heterocycles. The van der Waals surface area contributed by atoms with Crippen LogP contribution >= 0.6 is 12.5 Å². The molecule has 0 atom stereocenters. The first kappa shape index (κ1) is 3.97. The molecule has 1 radical (unpaired) electrons. The van der Waals surface area contributed by atoms with E-state index in [0.717, 1.165) is 0 Å². The molecule has 4 heavy (non-hydrogen) atoms. The Kier molecular flexibility index (Phi) is 2.96. The van der Waals surface area contributed by atoms with E-state index in [9.17, 15) is 0 Å². The predicted octanol–water partition coefficient (Wildman–Crippen LogP) is 0.126. The summed E-state index contributed by atoms with van der Waals surface area (Å²) in [5, 5.41) is 0. The van der Waals surface area contributed by atoms with E-state index in [1.807, 2.05) is 0 Å². The fourth-order valence-corrected chi connectivity index (χ4v) is 0. The van der Waals surface area contributed by atoms with Crippen LogP contribution in [-0.4, -0.2) is 6.56 Å². The average Bonchev–Trinajstić information content (AvgIpc) is 1.37. The molecule has 0 N–H and O–H groups in total. The summed E-state index contributed by atoms with van der Waals surface area (Å²) in [6, 6.07) is 0. The minimum Gasteiger partial charge on any atom is -0.216 e. The summed E-state index contributed by atoms with van der Waals surface area (Å²) in [6.45, 7) is 1.35. The Morgan fingerprint density at radius 3 is 2.25 bits per heavy atom. The zero-order valence-corrected chi connectivity index (χ0v) is 3.00. The van der Waals surface area contributed by atoms with E-state index in [1.54, 1.807) is 0 Å². The van der Waals surface area contributed by atoms with Gasteiger partial charge in [0.15, 0.2) is 0 Å². The van der Waals surface area contributed by atoms with Gasteiger partial charge in [0.25, 0.3) is 6.56 Å². The van der Waals surface area contributed by atoms with Gasteiger partial charge in [-0.15, -0.1) is 6.42 Å². The highest BCUT2D eigenvalue weighted by molar-refractivity contribution is 8.07. The third-order valence-corrected chi connectivity index (χ3v) is 0.224. The number of hydrogen-bond donors (Lipinski definition) is 1. The van der Waals surface area contributed by atoms with Crippen LogP contribution in [0.15, 0.2) is 0 Å². The van der Waals surface area contributed by atoms with Crippen LogP contribution in [0.5, 0.6) is 0 Å². The van der Waals surface area contributed by atoms with Crippen LogP contribution in [0.3, 0.4) is 0 Å². The molecule has 0 heterocycles. The van der Waals surface area contributed by atoms with Gasteiger partial charge in [-0.1, -0.05) is 0 Å². The summed E-state index contributed by atoms with van der Waals surface area (Å²) >= 11 is 3.56. The lowest BCUT2D eigenvalue weighted by Crippen LogP contribution is -1.57. The number of terminal acetylenes is 1. The van der Waals surface area contributed by atoms with Crippen molar-refractivity contribution in [2.24, 2.45) is 0 Å². The summed E-state index contributed by atoms with van der Waals surface area (Å²) in [4.78, 5) is 0. The van der Waals surface area contributed by atoms with E-state index in [-0.39, 0.29) is 0 Å². The third kappa shape index (κ3) is 1.97. The maximum absolute atomic E-state index is 4.65. The molecule has 19 valence electrons. The Labute approximate surface area is 32.1 Å². The summed E-state index contributed by atoms with van der Waals surface area (Å²) in [5.41, 5.74) is 0. The van der Waals surface area contributed by atoms with Gasteiger partial charge < -0.3 is 0 Å². The van der Waals surface area contributed by atoms with Gasteiger partial charge >= 0.3 is 0 Å². The second-order valence-electron chi connectivity index (χ2n) is 0.296. The molecule has 0 saturated heterocycles. The Bertz CT molecular complexity index is 35.8. The second-order valence-corrected chi connectivity index (χ2v) is 0.554. The molecule has 0 fully saturated rings. The van der Waals surface area contributed by atoms with Crippen molar-refractivity contribution in [2.75, 3.05) is 0 Å². The van der Waals surface area contributed by atoms with Gasteiger partial charge in [0.05, 0.1) is 0 Å². The summed E-state index contributed by atoms with van der Waals surface area (Å²) in [7, 11) is 0. The van der Waals surface area contributed by atoms with Crippen molar-refractivity contribution in [2.45, 2.75) is 0 Å². The van der Waals surface area contributed by atoms with Crippen LogP contribution in [-0.2, 0) is 0 Å². The monoisotopic (exact) mass is 69.0 g/mol. The number of thiol groups is 1. The standard InChI is InChI=1S/C2H2BS/c1-2-3-4/h1,4H.